The minimum Gasteiger partial charge on any atom is -0.394 e. The van der Waals surface area contributed by atoms with Gasteiger partial charge in [-0.3, -0.25) is 4.79 Å². The van der Waals surface area contributed by atoms with Crippen LogP contribution in [0.5, 0.6) is 0 Å². The number of amides is 1. The van der Waals surface area contributed by atoms with Crippen molar-refractivity contribution in [1.29, 1.82) is 0 Å². The summed E-state index contributed by atoms with van der Waals surface area (Å²) in [5.74, 6) is -0.351. The Kier molecular flexibility index (Phi) is 3.21. The van der Waals surface area contributed by atoms with Crippen LogP contribution in [-0.2, 0) is 14.6 Å². The molecule has 2 rings (SSSR count). The first-order valence-corrected chi connectivity index (χ1v) is 7.47. The fourth-order valence-corrected chi connectivity index (χ4v) is 4.27. The van der Waals surface area contributed by atoms with Gasteiger partial charge in [-0.1, -0.05) is 0 Å². The molecule has 1 amide bonds. The summed E-state index contributed by atoms with van der Waals surface area (Å²) in [6, 6.07) is -0.101. The van der Waals surface area contributed by atoms with Gasteiger partial charge < -0.3 is 10.0 Å². The molecule has 0 aromatic carbocycles. The molecule has 0 aromatic heterocycles. The van der Waals surface area contributed by atoms with E-state index in [0.717, 1.165) is 12.8 Å². The fourth-order valence-electron chi connectivity index (χ4n) is 2.54. The number of nitrogens with zero attached hydrogens (tertiary/aromatic N) is 1. The predicted molar refractivity (Wildman–Crippen MR) is 58.6 cm³/mol. The van der Waals surface area contributed by atoms with E-state index < -0.39 is 9.84 Å². The number of aliphatic hydroxyl groups excluding tert-OH is 1. The third kappa shape index (κ3) is 2.22. The molecule has 0 bridgehead atoms. The van der Waals surface area contributed by atoms with E-state index in [1.165, 1.54) is 0 Å². The molecule has 2 atom stereocenters. The molecule has 92 valence electrons. The lowest BCUT2D eigenvalue weighted by atomic mass is 10.1. The van der Waals surface area contributed by atoms with Crippen molar-refractivity contribution in [2.45, 2.75) is 25.3 Å². The van der Waals surface area contributed by atoms with E-state index in [9.17, 15) is 13.2 Å². The molecule has 2 saturated heterocycles. The summed E-state index contributed by atoms with van der Waals surface area (Å²) < 4.78 is 22.6. The Labute approximate surface area is 95.4 Å². The van der Waals surface area contributed by atoms with Gasteiger partial charge in [0.05, 0.1) is 30.1 Å². The smallest absolute Gasteiger partial charge is 0.227 e. The summed E-state index contributed by atoms with van der Waals surface area (Å²) in [5, 5.41) is 9.12. The second-order valence-electron chi connectivity index (χ2n) is 4.61. The zero-order valence-electron chi connectivity index (χ0n) is 9.13. The summed E-state index contributed by atoms with van der Waals surface area (Å²) in [7, 11) is -3.00. The lowest BCUT2D eigenvalue weighted by molar-refractivity contribution is -0.136. The molecule has 2 heterocycles. The first-order chi connectivity index (χ1) is 7.53. The molecule has 0 aromatic rings. The van der Waals surface area contributed by atoms with Crippen LogP contribution in [0.2, 0.25) is 0 Å². The van der Waals surface area contributed by atoms with Crippen LogP contribution in [0, 0.1) is 5.92 Å². The fraction of sp³-hybridized carbons (Fsp3) is 0.900. The number of aliphatic hydroxyl groups is 1. The van der Waals surface area contributed by atoms with Gasteiger partial charge in [-0.05, 0) is 19.3 Å². The first-order valence-electron chi connectivity index (χ1n) is 5.65. The normalized spacial score (nSPS) is 33.2. The zero-order chi connectivity index (χ0) is 11.8. The maximum atomic E-state index is 12.1. The van der Waals surface area contributed by atoms with Crippen LogP contribution in [0.4, 0.5) is 0 Å². The van der Waals surface area contributed by atoms with Crippen molar-refractivity contribution < 1.29 is 18.3 Å². The van der Waals surface area contributed by atoms with Crippen molar-refractivity contribution in [3.05, 3.63) is 0 Å². The highest BCUT2D eigenvalue weighted by Gasteiger charge is 2.38. The van der Waals surface area contributed by atoms with Crippen molar-refractivity contribution in [1.82, 2.24) is 4.90 Å². The Bertz CT molecular complexity index is 378. The summed E-state index contributed by atoms with van der Waals surface area (Å²) in [5.41, 5.74) is 0. The maximum absolute atomic E-state index is 12.1. The molecule has 0 aliphatic carbocycles. The molecule has 16 heavy (non-hydrogen) atoms. The molecular weight excluding hydrogens is 230 g/mol. The highest BCUT2D eigenvalue weighted by Crippen LogP contribution is 2.25. The number of likely N-dealkylation sites (tertiary alicyclic amines) is 1. The van der Waals surface area contributed by atoms with Gasteiger partial charge in [0.1, 0.15) is 0 Å². The van der Waals surface area contributed by atoms with Crippen molar-refractivity contribution in [3.63, 3.8) is 0 Å². The molecule has 0 radical (unpaired) electrons. The SMILES string of the molecule is O=C(C1CCS(=O)(=O)C1)N1CCC[C@H]1CO. The van der Waals surface area contributed by atoms with E-state index >= 15 is 0 Å². The molecule has 6 heteroatoms. The zero-order valence-corrected chi connectivity index (χ0v) is 9.95. The van der Waals surface area contributed by atoms with Crippen molar-refractivity contribution in [2.24, 2.45) is 5.92 Å². The second kappa shape index (κ2) is 4.33. The Morgan fingerprint density at radius 1 is 1.38 bits per heavy atom. The maximum Gasteiger partial charge on any atom is 0.227 e. The van der Waals surface area contributed by atoms with Gasteiger partial charge >= 0.3 is 0 Å². The van der Waals surface area contributed by atoms with Gasteiger partial charge in [0.2, 0.25) is 5.91 Å². The number of hydrogen-bond donors (Lipinski definition) is 1. The molecular formula is C10H17NO4S. The number of sulfone groups is 1. The minimum atomic E-state index is -3.00. The van der Waals surface area contributed by atoms with Crippen LogP contribution in [0.3, 0.4) is 0 Å². The molecule has 0 spiro atoms. The summed E-state index contributed by atoms with van der Waals surface area (Å²) >= 11 is 0. The van der Waals surface area contributed by atoms with Crippen LogP contribution in [-0.4, -0.2) is 55.0 Å². The van der Waals surface area contributed by atoms with E-state index in [1.807, 2.05) is 0 Å². The topological polar surface area (TPSA) is 74.7 Å². The third-order valence-electron chi connectivity index (χ3n) is 3.45. The number of hydrogen-bond acceptors (Lipinski definition) is 4. The number of rotatable bonds is 2. The largest absolute Gasteiger partial charge is 0.394 e. The van der Waals surface area contributed by atoms with Crippen molar-refractivity contribution in [3.8, 4) is 0 Å². The third-order valence-corrected chi connectivity index (χ3v) is 5.22. The molecule has 5 nitrogen and oxygen atoms in total. The van der Waals surface area contributed by atoms with E-state index in [4.69, 9.17) is 5.11 Å². The monoisotopic (exact) mass is 247 g/mol. The molecule has 1 unspecified atom stereocenters. The predicted octanol–water partition coefficient (Wildman–Crippen LogP) is -0.596. The Hall–Kier alpha value is -0.620. The first kappa shape index (κ1) is 11.9. The van der Waals surface area contributed by atoms with Crippen LogP contribution >= 0.6 is 0 Å². The van der Waals surface area contributed by atoms with Crippen LogP contribution in [0.1, 0.15) is 19.3 Å². The van der Waals surface area contributed by atoms with Crippen LogP contribution in [0.15, 0.2) is 0 Å². The van der Waals surface area contributed by atoms with Gasteiger partial charge in [-0.25, -0.2) is 8.42 Å². The average molecular weight is 247 g/mol. The van der Waals surface area contributed by atoms with Gasteiger partial charge in [0.15, 0.2) is 9.84 Å². The lowest BCUT2D eigenvalue weighted by Gasteiger charge is -2.25. The van der Waals surface area contributed by atoms with E-state index in [0.29, 0.717) is 13.0 Å². The van der Waals surface area contributed by atoms with Gasteiger partial charge in [-0.15, -0.1) is 0 Å². The highest BCUT2D eigenvalue weighted by atomic mass is 32.2. The summed E-state index contributed by atoms with van der Waals surface area (Å²) in [6.07, 6.45) is 2.16. The standard InChI is InChI=1S/C10H17NO4S/c12-6-9-2-1-4-11(9)10(13)8-3-5-16(14,15)7-8/h8-9,12H,1-7H2/t8?,9-/m0/s1. The Morgan fingerprint density at radius 2 is 2.12 bits per heavy atom. The molecule has 1 N–H and O–H groups in total. The minimum absolute atomic E-state index is 0.0134. The lowest BCUT2D eigenvalue weighted by Crippen LogP contribution is -2.41. The Balaban J connectivity index is 2.03. The summed E-state index contributed by atoms with van der Waals surface area (Å²) in [4.78, 5) is 13.7. The van der Waals surface area contributed by atoms with E-state index in [1.54, 1.807) is 4.90 Å². The van der Waals surface area contributed by atoms with Crippen molar-refractivity contribution >= 4 is 15.7 Å². The number of carbonyl (C=O) groups is 1. The molecule has 2 aliphatic heterocycles. The average Bonchev–Trinajstić information content (AvgIpc) is 2.82. The number of carbonyl (C=O) groups excluding carboxylic acids is 1. The summed E-state index contributed by atoms with van der Waals surface area (Å²) in [6.45, 7) is 0.631. The van der Waals surface area contributed by atoms with Gasteiger partial charge in [0.25, 0.3) is 0 Å². The van der Waals surface area contributed by atoms with Crippen molar-refractivity contribution in [2.75, 3.05) is 24.7 Å². The van der Waals surface area contributed by atoms with E-state index in [2.05, 4.69) is 0 Å². The van der Waals surface area contributed by atoms with E-state index in [-0.39, 0.29) is 36.0 Å². The molecule has 2 aliphatic rings. The van der Waals surface area contributed by atoms with Crippen LogP contribution in [0.25, 0.3) is 0 Å². The molecule has 0 saturated carbocycles. The van der Waals surface area contributed by atoms with Crippen LogP contribution < -0.4 is 0 Å². The van der Waals surface area contributed by atoms with Gasteiger partial charge in [0, 0.05) is 6.54 Å². The quantitative estimate of drug-likeness (QED) is 0.707. The Morgan fingerprint density at radius 3 is 2.69 bits per heavy atom. The highest BCUT2D eigenvalue weighted by molar-refractivity contribution is 7.91. The van der Waals surface area contributed by atoms with Gasteiger partial charge in [-0.2, -0.15) is 0 Å². The second-order valence-corrected chi connectivity index (χ2v) is 6.84. The molecule has 2 fully saturated rings.